The Morgan fingerprint density at radius 3 is 2.70 bits per heavy atom. The van der Waals surface area contributed by atoms with E-state index in [4.69, 9.17) is 23.2 Å². The average molecular weight is 312 g/mol. The summed E-state index contributed by atoms with van der Waals surface area (Å²) < 4.78 is 1.21. The van der Waals surface area contributed by atoms with Crippen molar-refractivity contribution in [1.82, 2.24) is 9.78 Å². The van der Waals surface area contributed by atoms with Gasteiger partial charge in [-0.15, -0.1) is 0 Å². The summed E-state index contributed by atoms with van der Waals surface area (Å²) in [7, 11) is 0. The molecule has 1 aromatic carbocycles. The topological polar surface area (TPSA) is 64.0 Å². The molecule has 1 N–H and O–H groups in total. The first kappa shape index (κ1) is 14.6. The van der Waals surface area contributed by atoms with Gasteiger partial charge in [-0.3, -0.25) is 9.59 Å². The SMILES string of the molecule is CCn1nc(C(=O)Nc2ccc(Cl)cc2Cl)ccc1=O. The zero-order chi connectivity index (χ0) is 14.7. The summed E-state index contributed by atoms with van der Waals surface area (Å²) in [6, 6.07) is 7.41. The minimum Gasteiger partial charge on any atom is -0.319 e. The largest absolute Gasteiger partial charge is 0.319 e. The maximum atomic E-state index is 12.1. The highest BCUT2D eigenvalue weighted by atomic mass is 35.5. The fourth-order valence-corrected chi connectivity index (χ4v) is 2.03. The van der Waals surface area contributed by atoms with Crippen molar-refractivity contribution in [2.45, 2.75) is 13.5 Å². The van der Waals surface area contributed by atoms with Crippen molar-refractivity contribution in [2.75, 3.05) is 5.32 Å². The molecule has 0 radical (unpaired) electrons. The molecule has 0 aliphatic carbocycles. The summed E-state index contributed by atoms with van der Waals surface area (Å²) in [5, 5.41) is 7.38. The number of nitrogens with zero attached hydrogens (tertiary/aromatic N) is 2. The molecule has 0 spiro atoms. The Morgan fingerprint density at radius 2 is 2.05 bits per heavy atom. The Bertz CT molecular complexity index is 713. The van der Waals surface area contributed by atoms with E-state index < -0.39 is 5.91 Å². The number of aromatic nitrogens is 2. The monoisotopic (exact) mass is 311 g/mol. The van der Waals surface area contributed by atoms with Crippen molar-refractivity contribution >= 4 is 34.8 Å². The predicted octanol–water partition coefficient (Wildman–Crippen LogP) is 2.82. The molecule has 0 aliphatic heterocycles. The highest BCUT2D eigenvalue weighted by molar-refractivity contribution is 6.36. The lowest BCUT2D eigenvalue weighted by atomic mass is 10.3. The predicted molar refractivity (Wildman–Crippen MR) is 78.6 cm³/mol. The van der Waals surface area contributed by atoms with Crippen LogP contribution in [0.2, 0.25) is 10.0 Å². The average Bonchev–Trinajstić information content (AvgIpc) is 2.42. The van der Waals surface area contributed by atoms with Gasteiger partial charge < -0.3 is 5.32 Å². The van der Waals surface area contributed by atoms with Crippen LogP contribution in [0.25, 0.3) is 0 Å². The second-order valence-corrected chi connectivity index (χ2v) is 4.79. The first-order valence-corrected chi connectivity index (χ1v) is 6.61. The molecule has 104 valence electrons. The van der Waals surface area contributed by atoms with Crippen LogP contribution < -0.4 is 10.9 Å². The van der Waals surface area contributed by atoms with E-state index in [-0.39, 0.29) is 11.3 Å². The molecule has 1 amide bonds. The Labute approximate surface area is 125 Å². The normalized spacial score (nSPS) is 10.3. The van der Waals surface area contributed by atoms with E-state index in [1.807, 2.05) is 0 Å². The number of carbonyl (C=O) groups excluding carboxylic acids is 1. The van der Waals surface area contributed by atoms with Crippen LogP contribution in [0.4, 0.5) is 5.69 Å². The number of nitrogens with one attached hydrogen (secondary N) is 1. The number of carbonyl (C=O) groups is 1. The molecule has 1 heterocycles. The first-order valence-electron chi connectivity index (χ1n) is 5.86. The van der Waals surface area contributed by atoms with E-state index in [9.17, 15) is 9.59 Å². The molecule has 0 fully saturated rings. The zero-order valence-corrected chi connectivity index (χ0v) is 12.1. The molecule has 0 atom stereocenters. The number of aryl methyl sites for hydroxylation is 1. The fraction of sp³-hybridized carbons (Fsp3) is 0.154. The van der Waals surface area contributed by atoms with E-state index in [0.29, 0.717) is 22.3 Å². The molecule has 0 saturated carbocycles. The third-order valence-corrected chi connectivity index (χ3v) is 3.13. The molecular weight excluding hydrogens is 301 g/mol. The molecule has 1 aromatic heterocycles. The van der Waals surface area contributed by atoms with Gasteiger partial charge in [-0.05, 0) is 31.2 Å². The van der Waals surface area contributed by atoms with Crippen LogP contribution in [0, 0.1) is 0 Å². The minimum absolute atomic E-state index is 0.137. The summed E-state index contributed by atoms with van der Waals surface area (Å²) in [4.78, 5) is 23.5. The van der Waals surface area contributed by atoms with Gasteiger partial charge in [0, 0.05) is 17.6 Å². The van der Waals surface area contributed by atoms with E-state index >= 15 is 0 Å². The Hall–Kier alpha value is -1.85. The van der Waals surface area contributed by atoms with Crippen LogP contribution in [0.15, 0.2) is 35.1 Å². The molecule has 2 aromatic rings. The summed E-state index contributed by atoms with van der Waals surface area (Å²) in [5.74, 6) is -0.448. The minimum atomic E-state index is -0.448. The van der Waals surface area contributed by atoms with Gasteiger partial charge in [-0.1, -0.05) is 23.2 Å². The summed E-state index contributed by atoms with van der Waals surface area (Å²) >= 11 is 11.7. The number of benzene rings is 1. The van der Waals surface area contributed by atoms with Crippen LogP contribution >= 0.6 is 23.2 Å². The number of hydrogen-bond donors (Lipinski definition) is 1. The van der Waals surface area contributed by atoms with Crippen molar-refractivity contribution in [3.05, 3.63) is 56.4 Å². The molecule has 2 rings (SSSR count). The summed E-state index contributed by atoms with van der Waals surface area (Å²) in [5.41, 5.74) is 0.308. The lowest BCUT2D eigenvalue weighted by Crippen LogP contribution is -2.25. The summed E-state index contributed by atoms with van der Waals surface area (Å²) in [6.07, 6.45) is 0. The fourth-order valence-electron chi connectivity index (χ4n) is 1.57. The molecule has 0 bridgehead atoms. The highest BCUT2D eigenvalue weighted by Gasteiger charge is 2.11. The second-order valence-electron chi connectivity index (χ2n) is 3.95. The lowest BCUT2D eigenvalue weighted by Gasteiger charge is -2.08. The Kier molecular flexibility index (Phi) is 4.42. The molecule has 0 aliphatic rings. The Morgan fingerprint density at radius 1 is 1.30 bits per heavy atom. The zero-order valence-electron chi connectivity index (χ0n) is 10.6. The van der Waals surface area contributed by atoms with Crippen molar-refractivity contribution < 1.29 is 4.79 Å². The van der Waals surface area contributed by atoms with Crippen molar-refractivity contribution in [3.8, 4) is 0 Å². The van der Waals surface area contributed by atoms with E-state index in [1.165, 1.54) is 22.9 Å². The van der Waals surface area contributed by atoms with Crippen molar-refractivity contribution in [3.63, 3.8) is 0 Å². The molecule has 0 unspecified atom stereocenters. The standard InChI is InChI=1S/C13H11Cl2N3O2/c1-2-18-12(19)6-5-11(17-18)13(20)16-10-4-3-8(14)7-9(10)15/h3-7H,2H2,1H3,(H,16,20). The highest BCUT2D eigenvalue weighted by Crippen LogP contribution is 2.25. The Balaban J connectivity index is 2.26. The number of rotatable bonds is 3. The van der Waals surface area contributed by atoms with Crippen molar-refractivity contribution in [2.24, 2.45) is 0 Å². The number of hydrogen-bond acceptors (Lipinski definition) is 3. The smallest absolute Gasteiger partial charge is 0.276 e. The van der Waals surface area contributed by atoms with Gasteiger partial charge in [0.25, 0.3) is 11.5 Å². The lowest BCUT2D eigenvalue weighted by molar-refractivity contribution is 0.102. The van der Waals surface area contributed by atoms with Gasteiger partial charge in [-0.2, -0.15) is 5.10 Å². The van der Waals surface area contributed by atoms with Gasteiger partial charge >= 0.3 is 0 Å². The quantitative estimate of drug-likeness (QED) is 0.948. The van der Waals surface area contributed by atoms with E-state index in [1.54, 1.807) is 19.1 Å². The number of anilines is 1. The number of amides is 1. The maximum absolute atomic E-state index is 12.1. The molecule has 7 heteroatoms. The number of halogens is 2. The van der Waals surface area contributed by atoms with Gasteiger partial charge in [0.1, 0.15) is 5.69 Å². The van der Waals surface area contributed by atoms with Gasteiger partial charge in [0.05, 0.1) is 10.7 Å². The van der Waals surface area contributed by atoms with Crippen LogP contribution in [0.5, 0.6) is 0 Å². The summed E-state index contributed by atoms with van der Waals surface area (Å²) in [6.45, 7) is 2.16. The maximum Gasteiger partial charge on any atom is 0.276 e. The van der Waals surface area contributed by atoms with Crippen LogP contribution in [0.1, 0.15) is 17.4 Å². The van der Waals surface area contributed by atoms with Crippen molar-refractivity contribution in [1.29, 1.82) is 0 Å². The molecule has 5 nitrogen and oxygen atoms in total. The van der Waals surface area contributed by atoms with Gasteiger partial charge in [0.2, 0.25) is 0 Å². The molecule has 0 saturated heterocycles. The van der Waals surface area contributed by atoms with E-state index in [0.717, 1.165) is 0 Å². The second kappa shape index (κ2) is 6.07. The van der Waals surface area contributed by atoms with Crippen LogP contribution in [0.3, 0.4) is 0 Å². The van der Waals surface area contributed by atoms with E-state index in [2.05, 4.69) is 10.4 Å². The third kappa shape index (κ3) is 3.18. The third-order valence-electron chi connectivity index (χ3n) is 2.58. The molecule has 20 heavy (non-hydrogen) atoms. The van der Waals surface area contributed by atoms with Gasteiger partial charge in [-0.25, -0.2) is 4.68 Å². The molecular formula is C13H11Cl2N3O2. The van der Waals surface area contributed by atoms with Crippen LogP contribution in [-0.2, 0) is 6.54 Å². The van der Waals surface area contributed by atoms with Gasteiger partial charge in [0.15, 0.2) is 0 Å². The first-order chi connectivity index (χ1) is 9.51. The van der Waals surface area contributed by atoms with Crippen LogP contribution in [-0.4, -0.2) is 15.7 Å².